The van der Waals surface area contributed by atoms with E-state index < -0.39 is 0 Å². The van der Waals surface area contributed by atoms with Gasteiger partial charge in [-0.2, -0.15) is 5.10 Å². The lowest BCUT2D eigenvalue weighted by molar-refractivity contribution is -0.125. The van der Waals surface area contributed by atoms with Crippen LogP contribution in [0.1, 0.15) is 47.6 Å². The fourth-order valence-corrected chi connectivity index (χ4v) is 5.91. The summed E-state index contributed by atoms with van der Waals surface area (Å²) in [5.41, 5.74) is 2.75. The van der Waals surface area contributed by atoms with E-state index in [1.807, 2.05) is 47.7 Å². The van der Waals surface area contributed by atoms with E-state index in [9.17, 15) is 9.59 Å². The lowest BCUT2D eigenvalue weighted by Gasteiger charge is -2.25. The summed E-state index contributed by atoms with van der Waals surface area (Å²) in [5, 5.41) is 7.74. The summed E-state index contributed by atoms with van der Waals surface area (Å²) < 4.78 is 7.23. The molecule has 4 heterocycles. The Balaban J connectivity index is 1.16. The number of aryl methyl sites for hydroxylation is 2. The summed E-state index contributed by atoms with van der Waals surface area (Å²) in [5.74, 6) is 1.20. The topological polar surface area (TPSA) is 79.7 Å². The molecule has 0 spiro atoms. The Morgan fingerprint density at radius 1 is 1.14 bits per heavy atom. The Bertz CT molecular complexity index is 1020. The van der Waals surface area contributed by atoms with Gasteiger partial charge in [0.1, 0.15) is 5.69 Å². The second kappa shape index (κ2) is 10.5. The highest BCUT2D eigenvalue weighted by atomic mass is 16.5. The van der Waals surface area contributed by atoms with Gasteiger partial charge in [0.25, 0.3) is 5.91 Å². The highest BCUT2D eigenvalue weighted by Gasteiger charge is 2.42. The van der Waals surface area contributed by atoms with Gasteiger partial charge in [0.2, 0.25) is 5.91 Å². The quantitative estimate of drug-likeness (QED) is 0.629. The minimum absolute atomic E-state index is 0.000358. The van der Waals surface area contributed by atoms with Gasteiger partial charge in [-0.1, -0.05) is 30.3 Å². The Morgan fingerprint density at radius 2 is 1.89 bits per heavy atom. The van der Waals surface area contributed by atoms with Crippen LogP contribution in [-0.4, -0.2) is 77.3 Å². The predicted octanol–water partition coefficient (Wildman–Crippen LogP) is 2.50. The molecule has 188 valence electrons. The molecular formula is C27H37N5O3. The zero-order chi connectivity index (χ0) is 24.4. The van der Waals surface area contributed by atoms with E-state index in [0.717, 1.165) is 56.8 Å². The molecular weight excluding hydrogens is 442 g/mol. The summed E-state index contributed by atoms with van der Waals surface area (Å²) in [6, 6.07) is 12.2. The van der Waals surface area contributed by atoms with Crippen LogP contribution in [0.3, 0.4) is 0 Å². The molecule has 8 heteroatoms. The van der Waals surface area contributed by atoms with Crippen LogP contribution in [-0.2, 0) is 16.1 Å². The van der Waals surface area contributed by atoms with Crippen LogP contribution in [0.5, 0.6) is 0 Å². The summed E-state index contributed by atoms with van der Waals surface area (Å²) in [6.07, 6.45) is 1.68. The number of nitrogens with one attached hydrogen (secondary N) is 1. The Morgan fingerprint density at radius 3 is 2.54 bits per heavy atom. The van der Waals surface area contributed by atoms with Crippen LogP contribution >= 0.6 is 0 Å². The smallest absolute Gasteiger partial charge is 0.272 e. The number of hydrogen-bond donors (Lipinski definition) is 1. The maximum atomic E-state index is 13.1. The van der Waals surface area contributed by atoms with Crippen molar-refractivity contribution in [3.05, 3.63) is 53.3 Å². The molecule has 0 radical (unpaired) electrons. The highest BCUT2D eigenvalue weighted by molar-refractivity contribution is 5.93. The van der Waals surface area contributed by atoms with Crippen LogP contribution in [0.15, 0.2) is 36.4 Å². The number of carbonyl (C=O) groups is 2. The number of ether oxygens (including phenoxy) is 1. The minimum atomic E-state index is -0.0383. The number of aromatic nitrogens is 2. The second-order valence-electron chi connectivity index (χ2n) is 10.3. The molecule has 5 rings (SSSR count). The van der Waals surface area contributed by atoms with Gasteiger partial charge < -0.3 is 19.9 Å². The van der Waals surface area contributed by atoms with Gasteiger partial charge in [0.05, 0.1) is 24.3 Å². The number of hydrogen-bond acceptors (Lipinski definition) is 5. The largest absolute Gasteiger partial charge is 0.381 e. The molecule has 0 saturated carbocycles. The molecule has 35 heavy (non-hydrogen) atoms. The highest BCUT2D eigenvalue weighted by Crippen LogP contribution is 2.33. The maximum absolute atomic E-state index is 13.1. The van der Waals surface area contributed by atoms with E-state index in [4.69, 9.17) is 4.74 Å². The molecule has 0 aliphatic carbocycles. The van der Waals surface area contributed by atoms with Crippen molar-refractivity contribution in [1.29, 1.82) is 0 Å². The maximum Gasteiger partial charge on any atom is 0.272 e. The van der Waals surface area contributed by atoms with Crippen LogP contribution in [0.4, 0.5) is 0 Å². The molecule has 3 fully saturated rings. The molecule has 3 aliphatic rings. The first-order chi connectivity index (χ1) is 17.0. The SMILES string of the molecule is CCn1nc(C)cc1C(=O)N1CC2CN(CC[C@H](NC(=O)C3CCOC3)c3ccccc3)CC2C1. The van der Waals surface area contributed by atoms with E-state index in [2.05, 4.69) is 27.4 Å². The minimum Gasteiger partial charge on any atom is -0.381 e. The number of rotatable bonds is 8. The van der Waals surface area contributed by atoms with E-state index in [-0.39, 0.29) is 23.8 Å². The van der Waals surface area contributed by atoms with Crippen LogP contribution in [0.2, 0.25) is 0 Å². The molecule has 1 N–H and O–H groups in total. The van der Waals surface area contributed by atoms with Crippen LogP contribution in [0.25, 0.3) is 0 Å². The van der Waals surface area contributed by atoms with Crippen LogP contribution in [0, 0.1) is 24.7 Å². The lowest BCUT2D eigenvalue weighted by Crippen LogP contribution is -2.37. The zero-order valence-electron chi connectivity index (χ0n) is 20.9. The number of fused-ring (bicyclic) bond motifs is 1. The standard InChI is InChI=1S/C27H37N5O3/c1-3-32-25(13-19(2)29-32)27(34)31-16-22-14-30(15-23(22)17-31)11-9-24(20-7-5-4-6-8-20)28-26(33)21-10-12-35-18-21/h4-8,13,21-24H,3,9-12,14-18H2,1-2H3,(H,28,33)/t21?,22?,23?,24-/m0/s1. The van der Waals surface area contributed by atoms with Crippen molar-refractivity contribution >= 4 is 11.8 Å². The van der Waals surface area contributed by atoms with Crippen molar-refractivity contribution in [2.45, 2.75) is 39.3 Å². The molecule has 2 amide bonds. The zero-order valence-corrected chi connectivity index (χ0v) is 20.9. The second-order valence-corrected chi connectivity index (χ2v) is 10.3. The molecule has 4 atom stereocenters. The van der Waals surface area contributed by atoms with Crippen LogP contribution < -0.4 is 5.32 Å². The van der Waals surface area contributed by atoms with Crippen molar-refractivity contribution in [3.63, 3.8) is 0 Å². The van der Waals surface area contributed by atoms with Gasteiger partial charge in [0, 0.05) is 45.9 Å². The fraction of sp³-hybridized carbons (Fsp3) is 0.593. The van der Waals surface area contributed by atoms with E-state index in [0.29, 0.717) is 37.3 Å². The summed E-state index contributed by atoms with van der Waals surface area (Å²) in [4.78, 5) is 30.5. The van der Waals surface area contributed by atoms with E-state index in [1.165, 1.54) is 0 Å². The molecule has 3 saturated heterocycles. The fourth-order valence-electron chi connectivity index (χ4n) is 5.91. The molecule has 3 unspecified atom stereocenters. The number of likely N-dealkylation sites (tertiary alicyclic amines) is 2. The van der Waals surface area contributed by atoms with E-state index >= 15 is 0 Å². The Labute approximate surface area is 207 Å². The third kappa shape index (κ3) is 5.28. The van der Waals surface area contributed by atoms with Gasteiger partial charge >= 0.3 is 0 Å². The predicted molar refractivity (Wildman–Crippen MR) is 133 cm³/mol. The lowest BCUT2D eigenvalue weighted by atomic mass is 10.0. The van der Waals surface area contributed by atoms with Gasteiger partial charge in [-0.25, -0.2) is 0 Å². The normalized spacial score (nSPS) is 25.1. The third-order valence-electron chi connectivity index (χ3n) is 7.82. The number of carbonyl (C=O) groups excluding carboxylic acids is 2. The molecule has 0 bridgehead atoms. The van der Waals surface area contributed by atoms with Gasteiger partial charge in [-0.3, -0.25) is 14.3 Å². The monoisotopic (exact) mass is 479 g/mol. The Kier molecular flexibility index (Phi) is 7.20. The Hall–Kier alpha value is -2.71. The molecule has 3 aliphatic heterocycles. The number of nitrogens with zero attached hydrogens (tertiary/aromatic N) is 4. The summed E-state index contributed by atoms with van der Waals surface area (Å²) >= 11 is 0. The van der Waals surface area contributed by atoms with Crippen molar-refractivity contribution in [2.75, 3.05) is 45.9 Å². The molecule has 8 nitrogen and oxygen atoms in total. The summed E-state index contributed by atoms with van der Waals surface area (Å²) in [7, 11) is 0. The van der Waals surface area contributed by atoms with Crippen molar-refractivity contribution in [2.24, 2.45) is 17.8 Å². The first-order valence-electron chi connectivity index (χ1n) is 13.0. The molecule has 2 aromatic rings. The number of amides is 2. The van der Waals surface area contributed by atoms with Gasteiger partial charge in [-0.15, -0.1) is 0 Å². The first kappa shape index (κ1) is 24.0. The van der Waals surface area contributed by atoms with Gasteiger partial charge in [-0.05, 0) is 50.2 Å². The summed E-state index contributed by atoms with van der Waals surface area (Å²) in [6.45, 7) is 10.4. The van der Waals surface area contributed by atoms with Crippen molar-refractivity contribution in [1.82, 2.24) is 24.9 Å². The molecule has 1 aromatic heterocycles. The average Bonchev–Trinajstić information content (AvgIpc) is 3.65. The first-order valence-corrected chi connectivity index (χ1v) is 13.0. The van der Waals surface area contributed by atoms with Gasteiger partial charge in [0.15, 0.2) is 0 Å². The third-order valence-corrected chi connectivity index (χ3v) is 7.82. The molecule has 1 aromatic carbocycles. The van der Waals surface area contributed by atoms with Crippen molar-refractivity contribution < 1.29 is 14.3 Å². The number of benzene rings is 1. The van der Waals surface area contributed by atoms with E-state index in [1.54, 1.807) is 0 Å². The average molecular weight is 480 g/mol. The van der Waals surface area contributed by atoms with Crippen molar-refractivity contribution in [3.8, 4) is 0 Å².